The highest BCUT2D eigenvalue weighted by molar-refractivity contribution is 5.87. The normalized spacial score (nSPS) is 19.8. The summed E-state index contributed by atoms with van der Waals surface area (Å²) in [6, 6.07) is 10.7. The minimum atomic E-state index is 0.139. The van der Waals surface area contributed by atoms with E-state index in [0.717, 1.165) is 60.5 Å². The fourth-order valence-corrected chi connectivity index (χ4v) is 4.10. The van der Waals surface area contributed by atoms with Crippen molar-refractivity contribution < 1.29 is 4.79 Å². The van der Waals surface area contributed by atoms with Crippen LogP contribution in [0.25, 0.3) is 16.7 Å². The minimum absolute atomic E-state index is 0.139. The van der Waals surface area contributed by atoms with Crippen molar-refractivity contribution in [2.45, 2.75) is 77.3 Å². The number of hydrogen-bond acceptors (Lipinski definition) is 5. The van der Waals surface area contributed by atoms with Gasteiger partial charge in [-0.2, -0.15) is 5.10 Å². The number of benzene rings is 1. The van der Waals surface area contributed by atoms with E-state index in [2.05, 4.69) is 29.6 Å². The maximum Gasteiger partial charge on any atom is 0.219 e. The van der Waals surface area contributed by atoms with E-state index in [4.69, 9.17) is 9.97 Å². The zero-order valence-corrected chi connectivity index (χ0v) is 18.6. The summed E-state index contributed by atoms with van der Waals surface area (Å²) in [6.45, 7) is 6.22. The molecule has 0 spiro atoms. The number of para-hydroxylation sites is 1. The molecule has 1 saturated carbocycles. The maximum absolute atomic E-state index is 11.7. The summed E-state index contributed by atoms with van der Waals surface area (Å²) in [4.78, 5) is 21.5. The highest BCUT2D eigenvalue weighted by Crippen LogP contribution is 2.29. The first kappa shape index (κ1) is 21.3. The Labute approximate surface area is 183 Å². The van der Waals surface area contributed by atoms with Crippen molar-refractivity contribution in [2.24, 2.45) is 0 Å². The van der Waals surface area contributed by atoms with Crippen LogP contribution in [0.15, 0.2) is 36.5 Å². The molecule has 0 aliphatic heterocycles. The molecule has 0 radical (unpaired) electrons. The van der Waals surface area contributed by atoms with Crippen LogP contribution in [0, 0.1) is 0 Å². The van der Waals surface area contributed by atoms with E-state index < -0.39 is 0 Å². The smallest absolute Gasteiger partial charge is 0.219 e. The zero-order chi connectivity index (χ0) is 21.8. The van der Waals surface area contributed by atoms with E-state index in [0.29, 0.717) is 12.5 Å². The second-order valence-corrected chi connectivity index (χ2v) is 8.48. The Morgan fingerprint density at radius 1 is 1.10 bits per heavy atom. The third-order valence-electron chi connectivity index (χ3n) is 6.25. The van der Waals surface area contributed by atoms with Gasteiger partial charge in [-0.15, -0.1) is 0 Å². The number of amides is 1. The van der Waals surface area contributed by atoms with Crippen molar-refractivity contribution in [3.63, 3.8) is 0 Å². The fraction of sp³-hybridized carbons (Fsp3) is 0.500. The molecule has 2 heterocycles. The van der Waals surface area contributed by atoms with Crippen LogP contribution in [0.4, 0.5) is 5.82 Å². The molecular weight excluding hydrogens is 388 g/mol. The number of carbonyl (C=O) groups is 1. The van der Waals surface area contributed by atoms with Crippen LogP contribution in [-0.4, -0.2) is 37.7 Å². The van der Waals surface area contributed by atoms with Crippen LogP contribution in [0.5, 0.6) is 0 Å². The molecule has 1 aromatic carbocycles. The molecule has 1 amide bonds. The van der Waals surface area contributed by atoms with Gasteiger partial charge in [-0.25, -0.2) is 14.6 Å². The third-order valence-corrected chi connectivity index (χ3v) is 6.25. The molecule has 2 N–H and O–H groups in total. The van der Waals surface area contributed by atoms with Crippen molar-refractivity contribution in [2.75, 3.05) is 5.32 Å². The highest BCUT2D eigenvalue weighted by Gasteiger charge is 2.24. The van der Waals surface area contributed by atoms with Gasteiger partial charge in [0.05, 0.1) is 17.3 Å². The average molecular weight is 421 g/mol. The Balaban J connectivity index is 1.60. The topological polar surface area (TPSA) is 84.7 Å². The first-order chi connectivity index (χ1) is 15.1. The lowest BCUT2D eigenvalue weighted by atomic mass is 9.91. The third kappa shape index (κ3) is 4.70. The maximum atomic E-state index is 11.7. The molecule has 1 aliphatic carbocycles. The molecule has 0 bridgehead atoms. The van der Waals surface area contributed by atoms with Crippen LogP contribution < -0.4 is 10.6 Å². The van der Waals surface area contributed by atoms with Crippen molar-refractivity contribution >= 4 is 22.8 Å². The molecule has 7 nitrogen and oxygen atoms in total. The Morgan fingerprint density at radius 2 is 1.81 bits per heavy atom. The molecule has 1 unspecified atom stereocenters. The van der Waals surface area contributed by atoms with Gasteiger partial charge in [-0.3, -0.25) is 4.79 Å². The van der Waals surface area contributed by atoms with E-state index in [9.17, 15) is 4.79 Å². The molecule has 0 saturated heterocycles. The van der Waals surface area contributed by atoms with Gasteiger partial charge in [0.2, 0.25) is 5.91 Å². The standard InChI is InChI=1S/C24H32N6O/c1-4-16(3)22-28-23(27-18-13-11-17(12-14-18)26-21(31)5-2)20-15-25-30(24(20)29-22)19-9-7-6-8-10-19/h6-10,15-18H,4-5,11-14H2,1-3H3,(H,26,31)(H,27,28,29). The Bertz CT molecular complexity index is 1020. The van der Waals surface area contributed by atoms with E-state index in [1.165, 1.54) is 0 Å². The molecule has 3 aromatic rings. The van der Waals surface area contributed by atoms with Gasteiger partial charge in [0.15, 0.2) is 5.65 Å². The van der Waals surface area contributed by atoms with Crippen LogP contribution in [-0.2, 0) is 4.79 Å². The van der Waals surface area contributed by atoms with Gasteiger partial charge in [0.1, 0.15) is 11.6 Å². The molecule has 1 fully saturated rings. The lowest BCUT2D eigenvalue weighted by Crippen LogP contribution is -2.40. The predicted molar refractivity (Wildman–Crippen MR) is 123 cm³/mol. The van der Waals surface area contributed by atoms with Gasteiger partial charge in [-0.05, 0) is 44.2 Å². The molecule has 7 heteroatoms. The summed E-state index contributed by atoms with van der Waals surface area (Å²) in [5, 5.41) is 12.4. The molecule has 4 rings (SSSR count). The van der Waals surface area contributed by atoms with Crippen molar-refractivity contribution in [1.82, 2.24) is 25.1 Å². The summed E-state index contributed by atoms with van der Waals surface area (Å²) in [5.41, 5.74) is 1.83. The van der Waals surface area contributed by atoms with Crippen molar-refractivity contribution in [3.05, 3.63) is 42.4 Å². The van der Waals surface area contributed by atoms with Crippen molar-refractivity contribution in [3.8, 4) is 5.69 Å². The lowest BCUT2D eigenvalue weighted by molar-refractivity contribution is -0.121. The monoisotopic (exact) mass is 420 g/mol. The van der Waals surface area contributed by atoms with Gasteiger partial charge in [0.25, 0.3) is 0 Å². The number of rotatable bonds is 7. The fourth-order valence-electron chi connectivity index (χ4n) is 4.10. The summed E-state index contributed by atoms with van der Waals surface area (Å²) >= 11 is 0. The van der Waals surface area contributed by atoms with Crippen LogP contribution in [0.1, 0.15) is 71.0 Å². The summed E-state index contributed by atoms with van der Waals surface area (Å²) in [6.07, 6.45) is 7.36. The van der Waals surface area contributed by atoms with Gasteiger partial charge in [0, 0.05) is 24.4 Å². The van der Waals surface area contributed by atoms with Crippen LogP contribution >= 0.6 is 0 Å². The first-order valence-corrected chi connectivity index (χ1v) is 11.5. The number of anilines is 1. The van der Waals surface area contributed by atoms with E-state index in [1.54, 1.807) is 0 Å². The number of nitrogens with one attached hydrogen (secondary N) is 2. The quantitative estimate of drug-likeness (QED) is 0.584. The molecule has 164 valence electrons. The number of hydrogen-bond donors (Lipinski definition) is 2. The Kier molecular flexibility index (Phi) is 6.49. The van der Waals surface area contributed by atoms with Gasteiger partial charge >= 0.3 is 0 Å². The number of carbonyl (C=O) groups excluding carboxylic acids is 1. The second-order valence-electron chi connectivity index (χ2n) is 8.48. The van der Waals surface area contributed by atoms with Crippen LogP contribution in [0.2, 0.25) is 0 Å². The van der Waals surface area contributed by atoms with Crippen LogP contribution in [0.3, 0.4) is 0 Å². The van der Waals surface area contributed by atoms with Crippen molar-refractivity contribution in [1.29, 1.82) is 0 Å². The number of fused-ring (bicyclic) bond motifs is 1. The summed E-state index contributed by atoms with van der Waals surface area (Å²) in [5.74, 6) is 2.12. The summed E-state index contributed by atoms with van der Waals surface area (Å²) < 4.78 is 1.89. The van der Waals surface area contributed by atoms with Gasteiger partial charge < -0.3 is 10.6 Å². The molecule has 31 heavy (non-hydrogen) atoms. The van der Waals surface area contributed by atoms with Gasteiger partial charge in [-0.1, -0.05) is 39.0 Å². The largest absolute Gasteiger partial charge is 0.367 e. The SMILES string of the molecule is CCC(=O)NC1CCC(Nc2nc(C(C)CC)nc3c2cnn3-c2ccccc2)CC1. The molecular formula is C24H32N6O. The van der Waals surface area contributed by atoms with E-state index in [1.807, 2.05) is 48.1 Å². The molecule has 2 aromatic heterocycles. The predicted octanol–water partition coefficient (Wildman–Crippen LogP) is 4.58. The zero-order valence-electron chi connectivity index (χ0n) is 18.6. The second kappa shape index (κ2) is 9.45. The Morgan fingerprint density at radius 3 is 2.48 bits per heavy atom. The highest BCUT2D eigenvalue weighted by atomic mass is 16.1. The average Bonchev–Trinajstić information content (AvgIpc) is 3.24. The molecule has 1 aliphatic rings. The Hall–Kier alpha value is -2.96. The minimum Gasteiger partial charge on any atom is -0.367 e. The molecule has 1 atom stereocenters. The summed E-state index contributed by atoms with van der Waals surface area (Å²) in [7, 11) is 0. The number of aromatic nitrogens is 4. The number of nitrogens with zero attached hydrogens (tertiary/aromatic N) is 4. The lowest BCUT2D eigenvalue weighted by Gasteiger charge is -2.30. The van der Waals surface area contributed by atoms with E-state index in [-0.39, 0.29) is 17.9 Å². The first-order valence-electron chi connectivity index (χ1n) is 11.5. The van der Waals surface area contributed by atoms with E-state index >= 15 is 0 Å².